The summed E-state index contributed by atoms with van der Waals surface area (Å²) in [6, 6.07) is 0. The quantitative estimate of drug-likeness (QED) is 0.345. The minimum absolute atomic E-state index is 0.0945. The van der Waals surface area contributed by atoms with Gasteiger partial charge in [-0.2, -0.15) is 4.57 Å². The molecular weight excluding hydrogens is 276 g/mol. The Morgan fingerprint density at radius 2 is 2.05 bits per heavy atom. The fourth-order valence-electron chi connectivity index (χ4n) is 1.99. The Kier molecular flexibility index (Phi) is 7.14. The van der Waals surface area contributed by atoms with Gasteiger partial charge in [-0.05, 0) is 23.6 Å². The number of nitrogens with zero attached hydrogens (tertiary/aromatic N) is 3. The first-order valence-corrected chi connectivity index (χ1v) is 7.45. The maximum atomic E-state index is 10.9. The van der Waals surface area contributed by atoms with Crippen molar-refractivity contribution in [1.82, 2.24) is 14.9 Å². The van der Waals surface area contributed by atoms with E-state index in [9.17, 15) is 10.1 Å². The van der Waals surface area contributed by atoms with E-state index in [0.29, 0.717) is 10.9 Å². The Hall–Kier alpha value is -1.50. The van der Waals surface area contributed by atoms with Crippen LogP contribution in [0.5, 0.6) is 0 Å². The van der Waals surface area contributed by atoms with Gasteiger partial charge in [0.2, 0.25) is 5.82 Å². The summed E-state index contributed by atoms with van der Waals surface area (Å²) < 4.78 is 1.37. The summed E-state index contributed by atoms with van der Waals surface area (Å²) >= 11 is 5.20. The van der Waals surface area contributed by atoms with Gasteiger partial charge in [0.25, 0.3) is 5.11 Å². The van der Waals surface area contributed by atoms with Crippen molar-refractivity contribution in [2.75, 3.05) is 6.54 Å². The molecule has 112 valence electrons. The maximum absolute atomic E-state index is 10.9. The monoisotopic (exact) mass is 298 g/mol. The second-order valence-corrected chi connectivity index (χ2v) is 5.14. The van der Waals surface area contributed by atoms with E-state index >= 15 is 0 Å². The van der Waals surface area contributed by atoms with Crippen molar-refractivity contribution < 1.29 is 4.92 Å². The lowest BCUT2D eigenvalue weighted by Gasteiger charge is -2.07. The summed E-state index contributed by atoms with van der Waals surface area (Å²) in [6.45, 7) is 4.63. The van der Waals surface area contributed by atoms with Crippen molar-refractivity contribution in [3.63, 3.8) is 0 Å². The van der Waals surface area contributed by atoms with E-state index in [2.05, 4.69) is 17.2 Å². The highest BCUT2D eigenvalue weighted by Crippen LogP contribution is 2.13. The van der Waals surface area contributed by atoms with Crippen molar-refractivity contribution in [2.24, 2.45) is 0 Å². The van der Waals surface area contributed by atoms with E-state index in [4.69, 9.17) is 12.2 Å². The number of hydrogen-bond acceptors (Lipinski definition) is 4. The van der Waals surface area contributed by atoms with Crippen LogP contribution < -0.4 is 5.32 Å². The summed E-state index contributed by atoms with van der Waals surface area (Å²) in [6.07, 6.45) is 8.43. The van der Waals surface area contributed by atoms with Gasteiger partial charge in [0, 0.05) is 13.5 Å². The van der Waals surface area contributed by atoms with Crippen molar-refractivity contribution in [3.05, 3.63) is 22.1 Å². The van der Waals surface area contributed by atoms with Crippen LogP contribution in [0.25, 0.3) is 0 Å². The first kappa shape index (κ1) is 16.6. The van der Waals surface area contributed by atoms with Gasteiger partial charge in [-0.15, -0.1) is 0 Å². The number of imidazole rings is 1. The zero-order valence-electron chi connectivity index (χ0n) is 12.1. The van der Waals surface area contributed by atoms with Gasteiger partial charge in [-0.1, -0.05) is 39.0 Å². The molecule has 1 rings (SSSR count). The predicted octanol–water partition coefficient (Wildman–Crippen LogP) is 3.18. The van der Waals surface area contributed by atoms with Gasteiger partial charge < -0.3 is 15.4 Å². The first-order chi connectivity index (χ1) is 9.57. The number of thiocarbonyl (C=S) groups is 1. The van der Waals surface area contributed by atoms with Crippen LogP contribution in [-0.4, -0.2) is 26.1 Å². The predicted molar refractivity (Wildman–Crippen MR) is 83.0 cm³/mol. The van der Waals surface area contributed by atoms with Crippen molar-refractivity contribution in [3.8, 4) is 0 Å². The zero-order valence-corrected chi connectivity index (χ0v) is 12.9. The fourth-order valence-corrected chi connectivity index (χ4v) is 2.32. The lowest BCUT2D eigenvalue weighted by atomic mass is 10.1. The van der Waals surface area contributed by atoms with E-state index in [0.717, 1.165) is 19.4 Å². The molecule has 20 heavy (non-hydrogen) atoms. The van der Waals surface area contributed by atoms with Crippen LogP contribution in [0.3, 0.4) is 0 Å². The third-order valence-corrected chi connectivity index (χ3v) is 3.44. The Morgan fingerprint density at radius 3 is 2.70 bits per heavy atom. The molecule has 0 saturated carbocycles. The highest BCUT2D eigenvalue weighted by molar-refractivity contribution is 7.80. The topological polar surface area (TPSA) is 73.0 Å². The highest BCUT2D eigenvalue weighted by Gasteiger charge is 2.21. The Morgan fingerprint density at radius 1 is 1.40 bits per heavy atom. The smallest absolute Gasteiger partial charge is 0.349 e. The molecule has 0 atom stereocenters. The molecule has 0 aliphatic heterocycles. The first-order valence-electron chi connectivity index (χ1n) is 7.04. The van der Waals surface area contributed by atoms with E-state index in [1.54, 1.807) is 6.92 Å². The zero-order chi connectivity index (χ0) is 15.0. The molecule has 0 fully saturated rings. The summed E-state index contributed by atoms with van der Waals surface area (Å²) in [7, 11) is 0. The fraction of sp³-hybridized carbons (Fsp3) is 0.692. The number of nitrogens with one attached hydrogen (secondary N) is 1. The van der Waals surface area contributed by atoms with Crippen molar-refractivity contribution >= 4 is 23.1 Å². The standard InChI is InChI=1S/C13H22N4O2S/c1-3-4-5-6-7-8-9-14-13(20)16-11(2)15-10-12(16)17(18)19/h10H,3-9H2,1-2H3,(H,14,20). The van der Waals surface area contributed by atoms with Crippen molar-refractivity contribution in [2.45, 2.75) is 52.4 Å². The van der Waals surface area contributed by atoms with Crippen LogP contribution in [0, 0.1) is 17.0 Å². The number of aromatic nitrogens is 2. The minimum Gasteiger partial charge on any atom is -0.358 e. The van der Waals surface area contributed by atoms with Gasteiger partial charge >= 0.3 is 5.82 Å². The van der Waals surface area contributed by atoms with Crippen LogP contribution in [0.15, 0.2) is 6.20 Å². The Bertz CT molecular complexity index is 459. The molecule has 1 heterocycles. The number of rotatable bonds is 8. The third-order valence-electron chi connectivity index (χ3n) is 3.12. The van der Waals surface area contributed by atoms with Gasteiger partial charge in [0.05, 0.1) is 0 Å². The molecule has 7 heteroatoms. The number of unbranched alkanes of at least 4 members (excludes halogenated alkanes) is 5. The second-order valence-electron chi connectivity index (χ2n) is 4.76. The Labute approximate surface area is 124 Å². The second kappa shape index (κ2) is 8.63. The molecule has 1 aromatic heterocycles. The lowest BCUT2D eigenvalue weighted by molar-refractivity contribution is -0.390. The van der Waals surface area contributed by atoms with Gasteiger partial charge in [-0.3, -0.25) is 0 Å². The van der Waals surface area contributed by atoms with Gasteiger partial charge in [0.15, 0.2) is 0 Å². The molecule has 0 saturated heterocycles. The van der Waals surface area contributed by atoms with Gasteiger partial charge in [-0.25, -0.2) is 4.98 Å². The third kappa shape index (κ3) is 4.88. The molecule has 0 aromatic carbocycles. The highest BCUT2D eigenvalue weighted by atomic mass is 32.1. The van der Waals surface area contributed by atoms with Crippen LogP contribution in [0.2, 0.25) is 0 Å². The molecule has 0 spiro atoms. The van der Waals surface area contributed by atoms with Crippen LogP contribution >= 0.6 is 12.2 Å². The molecule has 6 nitrogen and oxygen atoms in total. The summed E-state index contributed by atoms with van der Waals surface area (Å²) in [5, 5.41) is 14.3. The lowest BCUT2D eigenvalue weighted by Crippen LogP contribution is -2.30. The van der Waals surface area contributed by atoms with Gasteiger partial charge in [0.1, 0.15) is 6.20 Å². The molecule has 0 unspecified atom stereocenters. The van der Waals surface area contributed by atoms with Crippen molar-refractivity contribution in [1.29, 1.82) is 0 Å². The average Bonchev–Trinajstić information content (AvgIpc) is 2.79. The molecule has 1 N–H and O–H groups in total. The molecule has 0 aliphatic rings. The van der Waals surface area contributed by atoms with Crippen LogP contribution in [0.1, 0.15) is 51.3 Å². The average molecular weight is 298 g/mol. The molecule has 0 bridgehead atoms. The molecule has 0 radical (unpaired) electrons. The number of hydrogen-bond donors (Lipinski definition) is 1. The SMILES string of the molecule is CCCCCCCCNC(=S)n1c([N+](=O)[O-])cnc1C. The normalized spacial score (nSPS) is 10.5. The summed E-state index contributed by atoms with van der Waals surface area (Å²) in [5.41, 5.74) is 0. The maximum Gasteiger partial charge on any atom is 0.349 e. The Balaban J connectivity index is 2.36. The molecular formula is C13H22N4O2S. The molecule has 0 aliphatic carbocycles. The van der Waals surface area contributed by atoms with Crippen LogP contribution in [-0.2, 0) is 0 Å². The van der Waals surface area contributed by atoms with E-state index < -0.39 is 4.92 Å². The molecule has 0 amide bonds. The summed E-state index contributed by atoms with van der Waals surface area (Å²) in [5.74, 6) is 0.431. The van der Waals surface area contributed by atoms with E-state index in [-0.39, 0.29) is 5.82 Å². The van der Waals surface area contributed by atoms with E-state index in [1.165, 1.54) is 36.4 Å². The number of aryl methyl sites for hydroxylation is 1. The van der Waals surface area contributed by atoms with E-state index in [1.807, 2.05) is 0 Å². The van der Waals surface area contributed by atoms with Crippen LogP contribution in [0.4, 0.5) is 5.82 Å². The number of nitro groups is 1. The summed E-state index contributed by atoms with van der Waals surface area (Å²) in [4.78, 5) is 14.3. The molecule has 1 aromatic rings. The largest absolute Gasteiger partial charge is 0.358 e. The minimum atomic E-state index is -0.473.